The van der Waals surface area contributed by atoms with E-state index in [2.05, 4.69) is 5.32 Å². The lowest BCUT2D eigenvalue weighted by atomic mass is 9.97. The molecule has 0 spiro atoms. The van der Waals surface area contributed by atoms with E-state index in [4.69, 9.17) is 19.9 Å². The summed E-state index contributed by atoms with van der Waals surface area (Å²) >= 11 is 0. The van der Waals surface area contributed by atoms with Crippen LogP contribution in [-0.2, 0) is 28.7 Å². The van der Waals surface area contributed by atoms with Gasteiger partial charge in [0.25, 0.3) is 0 Å². The first kappa shape index (κ1) is 24.3. The summed E-state index contributed by atoms with van der Waals surface area (Å²) < 4.78 is 16.5. The summed E-state index contributed by atoms with van der Waals surface area (Å²) in [6.45, 7) is 7.17. The minimum Gasteiger partial charge on any atom is -0.484 e. The van der Waals surface area contributed by atoms with Crippen LogP contribution in [0.1, 0.15) is 58.6 Å². The molecule has 0 fully saturated rings. The summed E-state index contributed by atoms with van der Waals surface area (Å²) in [4.78, 5) is 47.3. The van der Waals surface area contributed by atoms with E-state index in [-0.39, 0.29) is 31.8 Å². The maximum absolute atomic E-state index is 12.5. The Labute approximate surface area is 181 Å². The first-order valence-electron chi connectivity index (χ1n) is 10.2. The standard InChI is InChI=1S/C22H30N2O7/c1-13(2)11-15(21(28)30-19(27)10-9-17(23)25)24-18(26)12-29-20-14-7-5-6-8-16(14)31-22(20,3)4/h5-8,13,15,20H,9-12H2,1-4H3,(H2,23,25)(H,24,26)/t15-,20?/m0/s1. The molecule has 1 heterocycles. The molecule has 1 aliphatic heterocycles. The predicted octanol–water partition coefficient (Wildman–Crippen LogP) is 1.78. The molecule has 3 N–H and O–H groups in total. The quantitative estimate of drug-likeness (QED) is 0.423. The Bertz CT molecular complexity index is 835. The largest absolute Gasteiger partial charge is 0.484 e. The van der Waals surface area contributed by atoms with Crippen molar-refractivity contribution in [3.63, 3.8) is 0 Å². The molecule has 1 aliphatic rings. The van der Waals surface area contributed by atoms with E-state index >= 15 is 0 Å². The Morgan fingerprint density at radius 1 is 1.16 bits per heavy atom. The van der Waals surface area contributed by atoms with Gasteiger partial charge in [-0.25, -0.2) is 4.79 Å². The molecule has 2 amide bonds. The third-order valence-corrected chi connectivity index (χ3v) is 4.70. The van der Waals surface area contributed by atoms with Crippen LogP contribution in [0, 0.1) is 5.92 Å². The monoisotopic (exact) mass is 434 g/mol. The molecule has 0 aromatic heterocycles. The second kappa shape index (κ2) is 10.4. The number of fused-ring (bicyclic) bond motifs is 1. The summed E-state index contributed by atoms with van der Waals surface area (Å²) in [6.07, 6.45) is -0.709. The molecule has 0 radical (unpaired) electrons. The van der Waals surface area contributed by atoms with Crippen molar-refractivity contribution in [2.24, 2.45) is 11.7 Å². The van der Waals surface area contributed by atoms with Gasteiger partial charge in [-0.2, -0.15) is 0 Å². The molecule has 0 bridgehead atoms. The molecule has 1 aromatic rings. The lowest BCUT2D eigenvalue weighted by Gasteiger charge is -2.26. The maximum atomic E-state index is 12.5. The van der Waals surface area contributed by atoms with E-state index in [0.29, 0.717) is 5.75 Å². The number of ether oxygens (including phenoxy) is 3. The van der Waals surface area contributed by atoms with Crippen LogP contribution in [0.3, 0.4) is 0 Å². The van der Waals surface area contributed by atoms with Crippen LogP contribution >= 0.6 is 0 Å². The smallest absolute Gasteiger partial charge is 0.336 e. The van der Waals surface area contributed by atoms with E-state index in [9.17, 15) is 19.2 Å². The Balaban J connectivity index is 1.95. The molecule has 0 saturated heterocycles. The normalized spacial score (nSPS) is 17.4. The van der Waals surface area contributed by atoms with Crippen molar-refractivity contribution in [2.75, 3.05) is 6.61 Å². The molecule has 0 saturated carbocycles. The fourth-order valence-electron chi connectivity index (χ4n) is 3.33. The zero-order chi connectivity index (χ0) is 23.2. The summed E-state index contributed by atoms with van der Waals surface area (Å²) in [6, 6.07) is 6.42. The first-order chi connectivity index (χ1) is 14.5. The van der Waals surface area contributed by atoms with Crippen molar-refractivity contribution in [1.29, 1.82) is 0 Å². The van der Waals surface area contributed by atoms with E-state index in [1.807, 2.05) is 52.0 Å². The Morgan fingerprint density at radius 2 is 1.84 bits per heavy atom. The zero-order valence-electron chi connectivity index (χ0n) is 18.3. The Hall–Kier alpha value is -2.94. The van der Waals surface area contributed by atoms with Crippen LogP contribution in [-0.4, -0.2) is 42.0 Å². The number of nitrogens with two attached hydrogens (primary N) is 1. The second-order valence-corrected chi connectivity index (χ2v) is 8.44. The highest BCUT2D eigenvalue weighted by Crippen LogP contribution is 2.44. The fourth-order valence-corrected chi connectivity index (χ4v) is 3.33. The first-order valence-corrected chi connectivity index (χ1v) is 10.2. The minimum absolute atomic E-state index is 0.0496. The molecule has 2 atom stereocenters. The summed E-state index contributed by atoms with van der Waals surface area (Å²) in [5, 5.41) is 2.57. The second-order valence-electron chi connectivity index (χ2n) is 8.44. The van der Waals surface area contributed by atoms with Crippen molar-refractivity contribution < 1.29 is 33.4 Å². The number of para-hydroxylation sites is 1. The highest BCUT2D eigenvalue weighted by Gasteiger charge is 2.42. The van der Waals surface area contributed by atoms with Crippen LogP contribution < -0.4 is 15.8 Å². The number of primary amides is 1. The molecule has 9 heteroatoms. The van der Waals surface area contributed by atoms with Gasteiger partial charge in [-0.1, -0.05) is 32.0 Å². The Kier molecular flexibility index (Phi) is 8.15. The minimum atomic E-state index is -1.02. The highest BCUT2D eigenvalue weighted by atomic mass is 16.6. The molecular weight excluding hydrogens is 404 g/mol. The number of esters is 2. The number of carbonyl (C=O) groups excluding carboxylic acids is 4. The summed E-state index contributed by atoms with van der Waals surface area (Å²) in [7, 11) is 0. The molecule has 170 valence electrons. The Morgan fingerprint density at radius 3 is 2.48 bits per heavy atom. The van der Waals surface area contributed by atoms with Gasteiger partial charge in [0.15, 0.2) is 0 Å². The number of benzene rings is 1. The summed E-state index contributed by atoms with van der Waals surface area (Å²) in [5.74, 6) is -2.19. The van der Waals surface area contributed by atoms with Gasteiger partial charge in [0.2, 0.25) is 11.8 Å². The lowest BCUT2D eigenvalue weighted by molar-refractivity contribution is -0.163. The van der Waals surface area contributed by atoms with Crippen molar-refractivity contribution in [1.82, 2.24) is 5.32 Å². The SMILES string of the molecule is CC(C)C[C@H](NC(=O)COC1c2ccccc2OC1(C)C)C(=O)OC(=O)CCC(N)=O. The molecule has 1 aromatic carbocycles. The van der Waals surface area contributed by atoms with Crippen LogP contribution in [0.25, 0.3) is 0 Å². The average Bonchev–Trinajstić information content (AvgIpc) is 2.92. The number of nitrogens with one attached hydrogen (secondary N) is 1. The van der Waals surface area contributed by atoms with Gasteiger partial charge in [-0.3, -0.25) is 14.4 Å². The van der Waals surface area contributed by atoms with E-state index in [0.717, 1.165) is 5.56 Å². The molecule has 2 rings (SSSR count). The predicted molar refractivity (Wildman–Crippen MR) is 111 cm³/mol. The third-order valence-electron chi connectivity index (χ3n) is 4.70. The number of hydrogen-bond acceptors (Lipinski definition) is 7. The number of rotatable bonds is 10. The molecule has 0 aliphatic carbocycles. The lowest BCUT2D eigenvalue weighted by Crippen LogP contribution is -2.45. The highest BCUT2D eigenvalue weighted by molar-refractivity contribution is 5.92. The van der Waals surface area contributed by atoms with Gasteiger partial charge in [0.05, 0.1) is 6.42 Å². The molecule has 9 nitrogen and oxygen atoms in total. The van der Waals surface area contributed by atoms with Gasteiger partial charge in [-0.15, -0.1) is 0 Å². The number of carbonyl (C=O) groups is 4. The third kappa shape index (κ3) is 7.06. The number of amides is 2. The average molecular weight is 434 g/mol. The van der Waals surface area contributed by atoms with E-state index in [1.54, 1.807) is 0 Å². The molecular formula is C22H30N2O7. The van der Waals surface area contributed by atoms with E-state index < -0.39 is 41.5 Å². The van der Waals surface area contributed by atoms with Gasteiger partial charge in [0, 0.05) is 12.0 Å². The topological polar surface area (TPSA) is 134 Å². The fraction of sp³-hybridized carbons (Fsp3) is 0.545. The zero-order valence-corrected chi connectivity index (χ0v) is 18.3. The van der Waals surface area contributed by atoms with Crippen molar-refractivity contribution in [3.05, 3.63) is 29.8 Å². The molecule has 31 heavy (non-hydrogen) atoms. The van der Waals surface area contributed by atoms with Crippen LogP contribution in [0.2, 0.25) is 0 Å². The van der Waals surface area contributed by atoms with Gasteiger partial charge in [0.1, 0.15) is 30.1 Å². The van der Waals surface area contributed by atoms with E-state index in [1.165, 1.54) is 0 Å². The molecule has 1 unspecified atom stereocenters. The number of hydrogen-bond donors (Lipinski definition) is 2. The van der Waals surface area contributed by atoms with Crippen molar-refractivity contribution in [3.8, 4) is 5.75 Å². The van der Waals surface area contributed by atoms with Gasteiger partial charge >= 0.3 is 11.9 Å². The van der Waals surface area contributed by atoms with Crippen LogP contribution in [0.4, 0.5) is 0 Å². The van der Waals surface area contributed by atoms with Crippen LogP contribution in [0.5, 0.6) is 5.75 Å². The van der Waals surface area contributed by atoms with Gasteiger partial charge in [-0.05, 0) is 32.3 Å². The maximum Gasteiger partial charge on any atom is 0.336 e. The summed E-state index contributed by atoms with van der Waals surface area (Å²) in [5.41, 5.74) is 5.17. The van der Waals surface area contributed by atoms with Crippen molar-refractivity contribution in [2.45, 2.75) is 64.7 Å². The van der Waals surface area contributed by atoms with Gasteiger partial charge < -0.3 is 25.3 Å². The van der Waals surface area contributed by atoms with Crippen molar-refractivity contribution >= 4 is 23.8 Å². The van der Waals surface area contributed by atoms with Crippen LogP contribution in [0.15, 0.2) is 24.3 Å².